The third-order valence-corrected chi connectivity index (χ3v) is 3.73. The smallest absolute Gasteiger partial charge is 0.249 e. The molecule has 0 saturated heterocycles. The monoisotopic (exact) mass is 304 g/mol. The van der Waals surface area contributed by atoms with E-state index in [0.29, 0.717) is 5.71 Å². The lowest BCUT2D eigenvalue weighted by Gasteiger charge is -2.24. The number of hydrogen-bond acceptors (Lipinski definition) is 4. The van der Waals surface area contributed by atoms with Gasteiger partial charge in [-0.2, -0.15) is 15.6 Å². The first-order valence-electron chi connectivity index (χ1n) is 6.08. The number of hydrogen-bond donors (Lipinski definition) is 1. The molecule has 2 atom stereocenters. The molecule has 21 heavy (non-hydrogen) atoms. The van der Waals surface area contributed by atoms with Crippen molar-refractivity contribution in [2.75, 3.05) is 0 Å². The van der Waals surface area contributed by atoms with Gasteiger partial charge in [-0.25, -0.2) is 9.82 Å². The van der Waals surface area contributed by atoms with Gasteiger partial charge in [0.05, 0.1) is 18.1 Å². The highest BCUT2D eigenvalue weighted by Crippen LogP contribution is 2.39. The minimum atomic E-state index is -1.22. The Hall–Kier alpha value is -2.44. The Morgan fingerprint density at radius 3 is 2.57 bits per heavy atom. The first-order valence-corrected chi connectivity index (χ1v) is 6.46. The molecule has 0 fully saturated rings. The molecule has 1 aliphatic heterocycles. The third kappa shape index (κ3) is 2.58. The fraction of sp³-hybridized carbons (Fsp3) is 0.286. The van der Waals surface area contributed by atoms with Gasteiger partial charge in [-0.15, -0.1) is 0 Å². The number of nitriles is 2. The Morgan fingerprint density at radius 1 is 1.43 bits per heavy atom. The molecule has 5 nitrogen and oxygen atoms in total. The molecule has 0 unspecified atom stereocenters. The molecule has 0 radical (unpaired) electrons. The number of hydrazone groups is 1. The Balaban J connectivity index is 2.63. The lowest BCUT2D eigenvalue weighted by Crippen LogP contribution is -2.32. The molecular formula is C14H10ClFN4O. The van der Waals surface area contributed by atoms with Gasteiger partial charge in [-0.3, -0.25) is 4.79 Å². The van der Waals surface area contributed by atoms with Crippen molar-refractivity contribution in [3.8, 4) is 12.1 Å². The molecule has 1 heterocycles. The quantitative estimate of drug-likeness (QED) is 0.929. The Labute approximate surface area is 125 Å². The van der Waals surface area contributed by atoms with Gasteiger partial charge in [0.25, 0.3) is 0 Å². The van der Waals surface area contributed by atoms with E-state index < -0.39 is 29.5 Å². The summed E-state index contributed by atoms with van der Waals surface area (Å²) in [4.78, 5) is 11.9. The van der Waals surface area contributed by atoms with Crippen LogP contribution in [-0.4, -0.2) is 11.6 Å². The molecule has 1 aliphatic rings. The number of nitrogens with one attached hydrogen (secondary N) is 1. The van der Waals surface area contributed by atoms with Gasteiger partial charge >= 0.3 is 0 Å². The van der Waals surface area contributed by atoms with Crippen LogP contribution in [-0.2, 0) is 4.79 Å². The molecule has 0 saturated carbocycles. The molecule has 106 valence electrons. The van der Waals surface area contributed by atoms with Gasteiger partial charge in [-0.05, 0) is 19.1 Å². The first kappa shape index (κ1) is 15.0. The third-order valence-electron chi connectivity index (χ3n) is 3.40. The standard InChI is InChI=1S/C14H10ClFN4O/c1-7-11(14(21)20-19-7)12(8(5-17)6-18)13-9(15)3-2-4-10(13)16/h2-4,8,11-12H,1H3,(H,20,21)/t11-,12-/m0/s1. The average molecular weight is 305 g/mol. The summed E-state index contributed by atoms with van der Waals surface area (Å²) in [6.07, 6.45) is 0. The number of nitrogens with zero attached hydrogens (tertiary/aromatic N) is 3. The number of rotatable bonds is 3. The Morgan fingerprint density at radius 2 is 2.10 bits per heavy atom. The maximum atomic E-state index is 14.2. The summed E-state index contributed by atoms with van der Waals surface area (Å²) in [7, 11) is 0. The molecule has 2 rings (SSSR count). The van der Waals surface area contributed by atoms with E-state index in [1.165, 1.54) is 18.2 Å². The summed E-state index contributed by atoms with van der Waals surface area (Å²) in [5, 5.41) is 22.2. The number of amides is 1. The van der Waals surface area contributed by atoms with Gasteiger partial charge in [0, 0.05) is 22.2 Å². The van der Waals surface area contributed by atoms with Crippen LogP contribution in [0.4, 0.5) is 4.39 Å². The summed E-state index contributed by atoms with van der Waals surface area (Å²) in [6, 6.07) is 7.66. The fourth-order valence-corrected chi connectivity index (χ4v) is 2.73. The normalized spacial score (nSPS) is 18.7. The molecule has 0 bridgehead atoms. The van der Waals surface area contributed by atoms with Crippen LogP contribution in [0.2, 0.25) is 5.02 Å². The van der Waals surface area contributed by atoms with E-state index in [0.717, 1.165) is 0 Å². The van der Waals surface area contributed by atoms with E-state index in [9.17, 15) is 9.18 Å². The van der Waals surface area contributed by atoms with Crippen molar-refractivity contribution in [1.82, 2.24) is 5.43 Å². The van der Waals surface area contributed by atoms with Crippen LogP contribution < -0.4 is 5.43 Å². The van der Waals surface area contributed by atoms with Crippen molar-refractivity contribution in [2.45, 2.75) is 12.8 Å². The van der Waals surface area contributed by atoms with Gasteiger partial charge in [0.1, 0.15) is 11.7 Å². The van der Waals surface area contributed by atoms with E-state index in [2.05, 4.69) is 10.5 Å². The molecule has 1 N–H and O–H groups in total. The minimum Gasteiger partial charge on any atom is -0.272 e. The van der Waals surface area contributed by atoms with Gasteiger partial charge in [-0.1, -0.05) is 17.7 Å². The molecular weight excluding hydrogens is 295 g/mol. The summed E-state index contributed by atoms with van der Waals surface area (Å²) >= 11 is 6.03. The van der Waals surface area contributed by atoms with E-state index in [1.807, 2.05) is 0 Å². The zero-order chi connectivity index (χ0) is 15.6. The van der Waals surface area contributed by atoms with E-state index in [-0.39, 0.29) is 10.6 Å². The maximum Gasteiger partial charge on any atom is 0.249 e. The van der Waals surface area contributed by atoms with Crippen molar-refractivity contribution >= 4 is 23.2 Å². The van der Waals surface area contributed by atoms with Crippen molar-refractivity contribution in [3.63, 3.8) is 0 Å². The highest BCUT2D eigenvalue weighted by atomic mass is 35.5. The van der Waals surface area contributed by atoms with Crippen LogP contribution >= 0.6 is 11.6 Å². The Kier molecular flexibility index (Phi) is 4.21. The van der Waals surface area contributed by atoms with Crippen LogP contribution in [0.1, 0.15) is 18.4 Å². The van der Waals surface area contributed by atoms with Crippen molar-refractivity contribution in [2.24, 2.45) is 16.9 Å². The zero-order valence-electron chi connectivity index (χ0n) is 11.0. The van der Waals surface area contributed by atoms with Crippen LogP contribution in [0.15, 0.2) is 23.3 Å². The zero-order valence-corrected chi connectivity index (χ0v) is 11.7. The predicted octanol–water partition coefficient (Wildman–Crippen LogP) is 2.35. The number of carbonyl (C=O) groups is 1. The lowest BCUT2D eigenvalue weighted by molar-refractivity contribution is -0.122. The second-order valence-electron chi connectivity index (χ2n) is 4.60. The molecule has 0 aliphatic carbocycles. The van der Waals surface area contributed by atoms with Crippen molar-refractivity contribution in [3.05, 3.63) is 34.6 Å². The highest BCUT2D eigenvalue weighted by molar-refractivity contribution is 6.31. The number of halogens is 2. The predicted molar refractivity (Wildman–Crippen MR) is 73.6 cm³/mol. The lowest BCUT2D eigenvalue weighted by atomic mass is 9.75. The van der Waals surface area contributed by atoms with Gasteiger partial charge < -0.3 is 0 Å². The second-order valence-corrected chi connectivity index (χ2v) is 5.01. The fourth-order valence-electron chi connectivity index (χ4n) is 2.44. The maximum absolute atomic E-state index is 14.2. The van der Waals surface area contributed by atoms with E-state index in [4.69, 9.17) is 22.1 Å². The molecule has 1 amide bonds. The molecule has 1 aromatic rings. The van der Waals surface area contributed by atoms with Crippen molar-refractivity contribution in [1.29, 1.82) is 10.5 Å². The number of benzene rings is 1. The molecule has 0 spiro atoms. The van der Waals surface area contributed by atoms with Gasteiger partial charge in [0.2, 0.25) is 5.91 Å². The average Bonchev–Trinajstić information content (AvgIpc) is 2.77. The molecule has 0 aromatic heterocycles. The number of carbonyl (C=O) groups excluding carboxylic acids is 1. The van der Waals surface area contributed by atoms with Crippen LogP contribution in [0.25, 0.3) is 0 Å². The summed E-state index contributed by atoms with van der Waals surface area (Å²) in [5.74, 6) is -4.27. The molecule has 7 heteroatoms. The van der Waals surface area contributed by atoms with Crippen LogP contribution in [0.3, 0.4) is 0 Å². The largest absolute Gasteiger partial charge is 0.272 e. The molecule has 1 aromatic carbocycles. The van der Waals surface area contributed by atoms with Crippen molar-refractivity contribution < 1.29 is 9.18 Å². The summed E-state index contributed by atoms with van der Waals surface area (Å²) in [5.41, 5.74) is 2.65. The first-order chi connectivity index (χ1) is 10.0. The van der Waals surface area contributed by atoms with Gasteiger partial charge in [0.15, 0.2) is 0 Å². The summed E-state index contributed by atoms with van der Waals surface area (Å²) in [6.45, 7) is 1.58. The highest BCUT2D eigenvalue weighted by Gasteiger charge is 2.42. The topological polar surface area (TPSA) is 89.0 Å². The van der Waals surface area contributed by atoms with Crippen LogP contribution in [0.5, 0.6) is 0 Å². The van der Waals surface area contributed by atoms with E-state index >= 15 is 0 Å². The minimum absolute atomic E-state index is 0.0103. The second kappa shape index (κ2) is 5.90. The Bertz CT molecular complexity index is 670. The van der Waals surface area contributed by atoms with Crippen LogP contribution in [0, 0.1) is 40.3 Å². The summed E-state index contributed by atoms with van der Waals surface area (Å²) < 4.78 is 14.2. The SMILES string of the molecule is CC1=NNC(=O)[C@@H]1[C@@H](c1c(F)cccc1Cl)C(C#N)C#N. The van der Waals surface area contributed by atoms with E-state index in [1.54, 1.807) is 19.1 Å².